The Bertz CT molecular complexity index is 417. The van der Waals surface area contributed by atoms with Gasteiger partial charge in [0.25, 0.3) is 5.91 Å². The Labute approximate surface area is 86.7 Å². The van der Waals surface area contributed by atoms with E-state index in [0.717, 1.165) is 0 Å². The van der Waals surface area contributed by atoms with Crippen LogP contribution in [0.4, 0.5) is 0 Å². The Hall–Kier alpha value is -2.35. The third-order valence-corrected chi connectivity index (χ3v) is 1.63. The number of carbonyl (C=O) groups excluding carboxylic acids is 2. The molecule has 0 aliphatic heterocycles. The SMILES string of the molecule is C#CCNC(=O)c1ccc(C(N)=O)cn1. The first-order valence-electron chi connectivity index (χ1n) is 4.12. The summed E-state index contributed by atoms with van der Waals surface area (Å²) in [4.78, 5) is 25.8. The average molecular weight is 203 g/mol. The largest absolute Gasteiger partial charge is 0.366 e. The maximum absolute atomic E-state index is 11.3. The highest BCUT2D eigenvalue weighted by Crippen LogP contribution is 1.99. The monoisotopic (exact) mass is 203 g/mol. The minimum absolute atomic E-state index is 0.137. The van der Waals surface area contributed by atoms with Crippen molar-refractivity contribution in [2.24, 2.45) is 5.73 Å². The van der Waals surface area contributed by atoms with Crippen molar-refractivity contribution in [1.29, 1.82) is 0 Å². The minimum Gasteiger partial charge on any atom is -0.366 e. The molecule has 3 N–H and O–H groups in total. The Balaban J connectivity index is 2.76. The Morgan fingerprint density at radius 2 is 2.27 bits per heavy atom. The van der Waals surface area contributed by atoms with E-state index in [4.69, 9.17) is 12.2 Å². The van der Waals surface area contributed by atoms with Gasteiger partial charge >= 0.3 is 0 Å². The fourth-order valence-electron chi connectivity index (χ4n) is 0.896. The summed E-state index contributed by atoms with van der Waals surface area (Å²) in [5.74, 6) is 1.29. The fraction of sp³-hybridized carbons (Fsp3) is 0.100. The molecule has 0 fully saturated rings. The highest BCUT2D eigenvalue weighted by atomic mass is 16.2. The molecule has 0 aliphatic rings. The van der Waals surface area contributed by atoms with Crippen LogP contribution in [0.25, 0.3) is 0 Å². The molecule has 0 bridgehead atoms. The van der Waals surface area contributed by atoms with Gasteiger partial charge in [0.15, 0.2) is 0 Å². The quantitative estimate of drug-likeness (QED) is 0.652. The lowest BCUT2D eigenvalue weighted by atomic mass is 10.2. The molecule has 2 amide bonds. The number of hydrogen-bond donors (Lipinski definition) is 2. The first-order valence-corrected chi connectivity index (χ1v) is 4.12. The molecule has 76 valence electrons. The maximum Gasteiger partial charge on any atom is 0.270 e. The van der Waals surface area contributed by atoms with Crippen molar-refractivity contribution >= 4 is 11.8 Å². The summed E-state index contributed by atoms with van der Waals surface area (Å²) in [6, 6.07) is 2.84. The lowest BCUT2D eigenvalue weighted by Gasteiger charge is -2.00. The molecular formula is C10H9N3O2. The van der Waals surface area contributed by atoms with E-state index in [1.165, 1.54) is 18.3 Å². The van der Waals surface area contributed by atoms with E-state index in [-0.39, 0.29) is 23.7 Å². The van der Waals surface area contributed by atoms with Crippen molar-refractivity contribution in [1.82, 2.24) is 10.3 Å². The summed E-state index contributed by atoms with van der Waals surface area (Å²) in [5.41, 5.74) is 5.46. The number of nitrogens with one attached hydrogen (secondary N) is 1. The molecule has 0 radical (unpaired) electrons. The van der Waals surface area contributed by atoms with Crippen LogP contribution in [0.3, 0.4) is 0 Å². The number of aromatic nitrogens is 1. The molecule has 1 aromatic rings. The molecule has 0 saturated heterocycles. The zero-order valence-corrected chi connectivity index (χ0v) is 7.86. The number of pyridine rings is 1. The second-order valence-corrected chi connectivity index (χ2v) is 2.68. The number of hydrogen-bond acceptors (Lipinski definition) is 3. The summed E-state index contributed by atoms with van der Waals surface area (Å²) in [5, 5.41) is 2.44. The Morgan fingerprint density at radius 1 is 1.53 bits per heavy atom. The van der Waals surface area contributed by atoms with E-state index in [0.29, 0.717) is 0 Å². The number of nitrogens with two attached hydrogens (primary N) is 1. The van der Waals surface area contributed by atoms with Crippen LogP contribution in [-0.2, 0) is 0 Å². The van der Waals surface area contributed by atoms with E-state index in [9.17, 15) is 9.59 Å². The van der Waals surface area contributed by atoms with Crippen LogP contribution in [0.5, 0.6) is 0 Å². The highest BCUT2D eigenvalue weighted by molar-refractivity contribution is 5.95. The molecule has 0 atom stereocenters. The first-order chi connectivity index (χ1) is 7.15. The maximum atomic E-state index is 11.3. The molecule has 0 aliphatic carbocycles. The van der Waals surface area contributed by atoms with Gasteiger partial charge in [-0.15, -0.1) is 6.42 Å². The second-order valence-electron chi connectivity index (χ2n) is 2.68. The van der Waals surface area contributed by atoms with E-state index in [2.05, 4.69) is 16.2 Å². The van der Waals surface area contributed by atoms with Gasteiger partial charge < -0.3 is 11.1 Å². The highest BCUT2D eigenvalue weighted by Gasteiger charge is 2.07. The summed E-state index contributed by atoms with van der Waals surface area (Å²) < 4.78 is 0. The molecule has 0 aromatic carbocycles. The van der Waals surface area contributed by atoms with Gasteiger partial charge in [0.1, 0.15) is 5.69 Å². The van der Waals surface area contributed by atoms with Gasteiger partial charge in [-0.3, -0.25) is 14.6 Å². The van der Waals surface area contributed by atoms with Crippen molar-refractivity contribution in [3.63, 3.8) is 0 Å². The number of rotatable bonds is 3. The van der Waals surface area contributed by atoms with Crippen LogP contribution in [0.15, 0.2) is 18.3 Å². The first kappa shape index (κ1) is 10.7. The van der Waals surface area contributed by atoms with Crippen molar-refractivity contribution in [2.75, 3.05) is 6.54 Å². The van der Waals surface area contributed by atoms with E-state index in [1.54, 1.807) is 0 Å². The zero-order valence-electron chi connectivity index (χ0n) is 7.86. The van der Waals surface area contributed by atoms with E-state index >= 15 is 0 Å². The zero-order chi connectivity index (χ0) is 11.3. The molecular weight excluding hydrogens is 194 g/mol. The molecule has 5 nitrogen and oxygen atoms in total. The summed E-state index contributed by atoms with van der Waals surface area (Å²) in [6.45, 7) is 0.137. The lowest BCUT2D eigenvalue weighted by molar-refractivity contribution is 0.0950. The Kier molecular flexibility index (Phi) is 3.41. The summed E-state index contributed by atoms with van der Waals surface area (Å²) in [6.07, 6.45) is 6.22. The molecule has 0 saturated carbocycles. The predicted molar refractivity (Wildman–Crippen MR) is 53.9 cm³/mol. The van der Waals surface area contributed by atoms with Gasteiger partial charge in [0.05, 0.1) is 12.1 Å². The molecule has 0 unspecified atom stereocenters. The van der Waals surface area contributed by atoms with Crippen LogP contribution in [0.1, 0.15) is 20.8 Å². The minimum atomic E-state index is -0.585. The third-order valence-electron chi connectivity index (χ3n) is 1.63. The van der Waals surface area contributed by atoms with Gasteiger partial charge in [0, 0.05) is 6.20 Å². The number of carbonyl (C=O) groups is 2. The van der Waals surface area contributed by atoms with E-state index < -0.39 is 5.91 Å². The lowest BCUT2D eigenvalue weighted by Crippen LogP contribution is -2.24. The van der Waals surface area contributed by atoms with Crippen molar-refractivity contribution < 1.29 is 9.59 Å². The molecule has 1 heterocycles. The fourth-order valence-corrected chi connectivity index (χ4v) is 0.896. The van der Waals surface area contributed by atoms with Crippen molar-refractivity contribution in [2.45, 2.75) is 0 Å². The number of terminal acetylenes is 1. The standard InChI is InChI=1S/C10H9N3O2/c1-2-5-12-10(15)8-4-3-7(6-13-8)9(11)14/h1,3-4,6H,5H2,(H2,11,14)(H,12,15). The van der Waals surface area contributed by atoms with Gasteiger partial charge in [-0.2, -0.15) is 0 Å². The molecule has 0 spiro atoms. The van der Waals surface area contributed by atoms with E-state index in [1.807, 2.05) is 0 Å². The van der Waals surface area contributed by atoms with Crippen molar-refractivity contribution in [3.8, 4) is 12.3 Å². The van der Waals surface area contributed by atoms with Gasteiger partial charge in [-0.05, 0) is 12.1 Å². The van der Waals surface area contributed by atoms with Crippen LogP contribution in [0, 0.1) is 12.3 Å². The van der Waals surface area contributed by atoms with Crippen LogP contribution in [-0.4, -0.2) is 23.3 Å². The number of amides is 2. The van der Waals surface area contributed by atoms with Crippen LogP contribution >= 0.6 is 0 Å². The van der Waals surface area contributed by atoms with Crippen molar-refractivity contribution in [3.05, 3.63) is 29.6 Å². The molecule has 1 aromatic heterocycles. The summed E-state index contributed by atoms with van der Waals surface area (Å²) >= 11 is 0. The normalized spacial score (nSPS) is 9.00. The topological polar surface area (TPSA) is 85.1 Å². The van der Waals surface area contributed by atoms with Gasteiger partial charge in [-0.1, -0.05) is 5.92 Å². The molecule has 5 heteroatoms. The Morgan fingerprint density at radius 3 is 2.73 bits per heavy atom. The third kappa shape index (κ3) is 2.81. The predicted octanol–water partition coefficient (Wildman–Crippen LogP) is -0.457. The second kappa shape index (κ2) is 4.77. The summed E-state index contributed by atoms with van der Waals surface area (Å²) in [7, 11) is 0. The van der Waals surface area contributed by atoms with Gasteiger partial charge in [-0.25, -0.2) is 0 Å². The van der Waals surface area contributed by atoms with Crippen LogP contribution < -0.4 is 11.1 Å². The average Bonchev–Trinajstić information content (AvgIpc) is 2.26. The molecule has 1 rings (SSSR count). The number of primary amides is 1. The van der Waals surface area contributed by atoms with Gasteiger partial charge in [0.2, 0.25) is 5.91 Å². The number of nitrogens with zero attached hydrogens (tertiary/aromatic N) is 1. The molecule has 15 heavy (non-hydrogen) atoms. The smallest absolute Gasteiger partial charge is 0.270 e. The van der Waals surface area contributed by atoms with Crippen LogP contribution in [0.2, 0.25) is 0 Å².